The van der Waals surface area contributed by atoms with E-state index >= 15 is 0 Å². The number of hydrogen-bond donors (Lipinski definition) is 1. The minimum atomic E-state index is -0.310. The van der Waals surface area contributed by atoms with Crippen LogP contribution in [0.5, 0.6) is 0 Å². The van der Waals surface area contributed by atoms with Gasteiger partial charge in [0.25, 0.3) is 0 Å². The van der Waals surface area contributed by atoms with Gasteiger partial charge in [0.2, 0.25) is 5.91 Å². The molecule has 0 heterocycles. The van der Waals surface area contributed by atoms with Crippen LogP contribution in [0.25, 0.3) is 0 Å². The first-order valence-electron chi connectivity index (χ1n) is 5.62. The monoisotopic (exact) mass is 235 g/mol. The average molecular weight is 235 g/mol. The van der Waals surface area contributed by atoms with Gasteiger partial charge >= 0.3 is 5.97 Å². The summed E-state index contributed by atoms with van der Waals surface area (Å²) in [4.78, 5) is 21.9. The molecule has 0 aliphatic heterocycles. The molecule has 4 heteroatoms. The van der Waals surface area contributed by atoms with E-state index in [4.69, 9.17) is 4.74 Å². The van der Waals surface area contributed by atoms with E-state index in [1.54, 1.807) is 0 Å². The summed E-state index contributed by atoms with van der Waals surface area (Å²) in [7, 11) is 0. The number of ether oxygens (including phenoxy) is 1. The van der Waals surface area contributed by atoms with Gasteiger partial charge in [0.05, 0.1) is 6.61 Å². The maximum atomic E-state index is 11.4. The molecule has 1 rings (SSSR count). The van der Waals surface area contributed by atoms with Gasteiger partial charge in [-0.3, -0.25) is 9.59 Å². The Labute approximate surface area is 101 Å². The van der Waals surface area contributed by atoms with Gasteiger partial charge in [0.1, 0.15) is 0 Å². The predicted octanol–water partition coefficient (Wildman–Crippen LogP) is 1.65. The summed E-state index contributed by atoms with van der Waals surface area (Å²) in [6, 6.07) is 9.72. The van der Waals surface area contributed by atoms with E-state index in [1.807, 2.05) is 30.3 Å². The van der Waals surface area contributed by atoms with E-state index in [0.29, 0.717) is 26.0 Å². The normalized spacial score (nSPS) is 9.71. The highest BCUT2D eigenvalue weighted by Crippen LogP contribution is 1.98. The molecule has 0 spiro atoms. The quantitative estimate of drug-likeness (QED) is 0.602. The van der Waals surface area contributed by atoms with Crippen LogP contribution in [0.1, 0.15) is 25.3 Å². The van der Waals surface area contributed by atoms with Crippen LogP contribution < -0.4 is 5.32 Å². The molecule has 0 aliphatic carbocycles. The first-order valence-corrected chi connectivity index (χ1v) is 5.62. The van der Waals surface area contributed by atoms with Gasteiger partial charge in [-0.25, -0.2) is 0 Å². The van der Waals surface area contributed by atoms with Crippen molar-refractivity contribution >= 4 is 11.9 Å². The fraction of sp³-hybridized carbons (Fsp3) is 0.385. The molecule has 0 aromatic heterocycles. The number of rotatable bonds is 6. The van der Waals surface area contributed by atoms with Crippen LogP contribution in [-0.2, 0) is 20.9 Å². The lowest BCUT2D eigenvalue weighted by Crippen LogP contribution is -2.22. The topological polar surface area (TPSA) is 55.4 Å². The lowest BCUT2D eigenvalue weighted by atomic mass is 10.2. The molecular weight excluding hydrogens is 218 g/mol. The highest BCUT2D eigenvalue weighted by Gasteiger charge is 2.01. The van der Waals surface area contributed by atoms with Crippen molar-refractivity contribution in [3.05, 3.63) is 35.9 Å². The minimum Gasteiger partial charge on any atom is -0.466 e. The van der Waals surface area contributed by atoms with Gasteiger partial charge in [-0.2, -0.15) is 0 Å². The van der Waals surface area contributed by atoms with E-state index in [0.717, 1.165) is 5.56 Å². The summed E-state index contributed by atoms with van der Waals surface area (Å²) < 4.78 is 4.74. The van der Waals surface area contributed by atoms with Crippen LogP contribution in [0.15, 0.2) is 30.3 Å². The molecule has 1 N–H and O–H groups in total. The Hall–Kier alpha value is -1.84. The lowest BCUT2D eigenvalue weighted by molar-refractivity contribution is -0.141. The number of nitrogens with one attached hydrogen (secondary N) is 1. The molecule has 0 saturated carbocycles. The van der Waals surface area contributed by atoms with Crippen LogP contribution in [-0.4, -0.2) is 18.5 Å². The van der Waals surface area contributed by atoms with Gasteiger partial charge in [-0.05, 0) is 12.0 Å². The number of carbonyl (C=O) groups excluding carboxylic acids is 2. The Morgan fingerprint density at radius 1 is 1.24 bits per heavy atom. The summed E-state index contributed by atoms with van der Waals surface area (Å²) in [6.07, 6.45) is 0.931. The van der Waals surface area contributed by atoms with Gasteiger partial charge in [-0.1, -0.05) is 30.3 Å². The zero-order valence-electron chi connectivity index (χ0n) is 9.94. The van der Waals surface area contributed by atoms with Crippen molar-refractivity contribution in [1.82, 2.24) is 5.32 Å². The van der Waals surface area contributed by atoms with Crippen molar-refractivity contribution in [3.63, 3.8) is 0 Å². The van der Waals surface area contributed by atoms with Crippen LogP contribution in [0.4, 0.5) is 0 Å². The molecule has 1 amide bonds. The molecule has 0 fully saturated rings. The smallest absolute Gasteiger partial charge is 0.302 e. The first-order chi connectivity index (χ1) is 8.18. The summed E-state index contributed by atoms with van der Waals surface area (Å²) in [5.41, 5.74) is 1.07. The lowest BCUT2D eigenvalue weighted by Gasteiger charge is -2.05. The third-order valence-corrected chi connectivity index (χ3v) is 2.19. The van der Waals surface area contributed by atoms with E-state index in [-0.39, 0.29) is 11.9 Å². The van der Waals surface area contributed by atoms with E-state index < -0.39 is 0 Å². The number of hydrogen-bond acceptors (Lipinski definition) is 3. The summed E-state index contributed by atoms with van der Waals surface area (Å²) in [6.45, 7) is 2.19. The van der Waals surface area contributed by atoms with Gasteiger partial charge in [0.15, 0.2) is 0 Å². The standard InChI is InChI=1S/C13H17NO3/c1-11(15)17-9-5-8-13(16)14-10-12-6-3-2-4-7-12/h2-4,6-7H,5,8-10H2,1H3,(H,14,16). The molecule has 17 heavy (non-hydrogen) atoms. The van der Waals surface area contributed by atoms with Gasteiger partial charge in [-0.15, -0.1) is 0 Å². The molecule has 0 unspecified atom stereocenters. The molecular formula is C13H17NO3. The SMILES string of the molecule is CC(=O)OCCCC(=O)NCc1ccccc1. The third kappa shape index (κ3) is 6.35. The molecule has 4 nitrogen and oxygen atoms in total. The summed E-state index contributed by atoms with van der Waals surface area (Å²) in [5, 5.41) is 2.81. The van der Waals surface area contributed by atoms with E-state index in [9.17, 15) is 9.59 Å². The van der Waals surface area contributed by atoms with Crippen molar-refractivity contribution in [2.75, 3.05) is 6.61 Å². The molecule has 0 radical (unpaired) electrons. The Morgan fingerprint density at radius 3 is 2.59 bits per heavy atom. The van der Waals surface area contributed by atoms with Gasteiger partial charge in [0, 0.05) is 19.9 Å². The highest BCUT2D eigenvalue weighted by molar-refractivity contribution is 5.75. The largest absolute Gasteiger partial charge is 0.466 e. The van der Waals surface area contributed by atoms with Crippen molar-refractivity contribution in [2.45, 2.75) is 26.3 Å². The summed E-state index contributed by atoms with van der Waals surface area (Å²) in [5.74, 6) is -0.337. The Morgan fingerprint density at radius 2 is 1.94 bits per heavy atom. The third-order valence-electron chi connectivity index (χ3n) is 2.19. The zero-order valence-corrected chi connectivity index (χ0v) is 9.94. The van der Waals surface area contributed by atoms with E-state index in [1.165, 1.54) is 6.92 Å². The Balaban J connectivity index is 2.11. The Bertz CT molecular complexity index is 362. The van der Waals surface area contributed by atoms with Crippen molar-refractivity contribution in [1.29, 1.82) is 0 Å². The molecule has 0 saturated heterocycles. The van der Waals surface area contributed by atoms with Crippen molar-refractivity contribution < 1.29 is 14.3 Å². The van der Waals surface area contributed by atoms with E-state index in [2.05, 4.69) is 5.32 Å². The molecule has 0 bridgehead atoms. The first kappa shape index (κ1) is 13.2. The summed E-state index contributed by atoms with van der Waals surface area (Å²) >= 11 is 0. The average Bonchev–Trinajstić information content (AvgIpc) is 2.33. The second-order valence-corrected chi connectivity index (χ2v) is 3.71. The number of carbonyl (C=O) groups is 2. The maximum absolute atomic E-state index is 11.4. The predicted molar refractivity (Wildman–Crippen MR) is 64.2 cm³/mol. The number of esters is 1. The van der Waals surface area contributed by atoms with Crippen LogP contribution in [0.3, 0.4) is 0 Å². The van der Waals surface area contributed by atoms with Crippen LogP contribution >= 0.6 is 0 Å². The second-order valence-electron chi connectivity index (χ2n) is 3.71. The Kier molecular flexibility index (Phi) is 5.79. The van der Waals surface area contributed by atoms with Crippen molar-refractivity contribution in [2.24, 2.45) is 0 Å². The molecule has 92 valence electrons. The maximum Gasteiger partial charge on any atom is 0.302 e. The van der Waals surface area contributed by atoms with Crippen LogP contribution in [0, 0.1) is 0 Å². The minimum absolute atomic E-state index is 0.0268. The molecule has 0 atom stereocenters. The zero-order chi connectivity index (χ0) is 12.5. The number of amides is 1. The second kappa shape index (κ2) is 7.44. The van der Waals surface area contributed by atoms with Crippen LogP contribution in [0.2, 0.25) is 0 Å². The molecule has 1 aromatic carbocycles. The fourth-order valence-corrected chi connectivity index (χ4v) is 1.33. The number of benzene rings is 1. The molecule has 1 aromatic rings. The highest BCUT2D eigenvalue weighted by atomic mass is 16.5. The fourth-order valence-electron chi connectivity index (χ4n) is 1.33. The molecule has 0 aliphatic rings. The van der Waals surface area contributed by atoms with Crippen molar-refractivity contribution in [3.8, 4) is 0 Å². The van der Waals surface area contributed by atoms with Gasteiger partial charge < -0.3 is 10.1 Å².